The van der Waals surface area contributed by atoms with Gasteiger partial charge in [0.15, 0.2) is 0 Å². The molecular weight excluding hydrogens is 494 g/mol. The standard InChI is InChI=1S/C40H23N/c1-2-10-27-24(9-1)18-20-38-39(27)36-23-26(22-35-33-15-7-8-16-37(33)41(38)40(35)36)25-17-19-32-30-13-4-3-11-28(30)29-12-5-6-14-31(29)34(32)21-25/h1-23H. The first-order valence-electron chi connectivity index (χ1n) is 14.3. The van der Waals surface area contributed by atoms with Crippen LogP contribution in [0.15, 0.2) is 140 Å². The Hall–Kier alpha value is -5.40. The fraction of sp³-hybridized carbons (Fsp3) is 0. The zero-order chi connectivity index (χ0) is 26.7. The van der Waals surface area contributed by atoms with Crippen molar-refractivity contribution in [1.82, 2.24) is 4.40 Å². The largest absolute Gasteiger partial charge is 0.308 e. The maximum atomic E-state index is 2.48. The van der Waals surface area contributed by atoms with Crippen LogP contribution in [0, 0.1) is 0 Å². The Balaban J connectivity index is 1.37. The van der Waals surface area contributed by atoms with E-state index >= 15 is 0 Å². The zero-order valence-electron chi connectivity index (χ0n) is 22.2. The zero-order valence-corrected chi connectivity index (χ0v) is 22.2. The Morgan fingerprint density at radius 3 is 1.63 bits per heavy atom. The van der Waals surface area contributed by atoms with Crippen molar-refractivity contribution in [2.24, 2.45) is 0 Å². The molecule has 0 unspecified atom stereocenters. The van der Waals surface area contributed by atoms with Gasteiger partial charge in [-0.25, -0.2) is 0 Å². The van der Waals surface area contributed by atoms with E-state index in [1.54, 1.807) is 0 Å². The summed E-state index contributed by atoms with van der Waals surface area (Å²) in [5, 5.41) is 15.7. The second kappa shape index (κ2) is 7.62. The second-order valence-electron chi connectivity index (χ2n) is 11.3. The number of hydrogen-bond acceptors (Lipinski definition) is 0. The lowest BCUT2D eigenvalue weighted by atomic mass is 9.91. The maximum Gasteiger partial charge on any atom is 0.0621 e. The third-order valence-corrected chi connectivity index (χ3v) is 9.26. The van der Waals surface area contributed by atoms with E-state index < -0.39 is 0 Å². The molecule has 1 heteroatoms. The first kappa shape index (κ1) is 21.4. The third-order valence-electron chi connectivity index (χ3n) is 9.26. The minimum absolute atomic E-state index is 1.25. The van der Waals surface area contributed by atoms with E-state index in [-0.39, 0.29) is 0 Å². The monoisotopic (exact) mass is 517 g/mol. The van der Waals surface area contributed by atoms with Crippen molar-refractivity contribution in [2.75, 3.05) is 0 Å². The second-order valence-corrected chi connectivity index (χ2v) is 11.3. The Kier molecular flexibility index (Phi) is 3.98. The van der Waals surface area contributed by atoms with Crippen LogP contribution in [-0.2, 0) is 0 Å². The van der Waals surface area contributed by atoms with E-state index in [1.807, 2.05) is 0 Å². The number of para-hydroxylation sites is 1. The van der Waals surface area contributed by atoms with Crippen LogP contribution >= 0.6 is 0 Å². The van der Waals surface area contributed by atoms with E-state index in [9.17, 15) is 0 Å². The summed E-state index contributed by atoms with van der Waals surface area (Å²) < 4.78 is 2.48. The molecular formula is C40H23N. The molecule has 41 heavy (non-hydrogen) atoms. The summed E-state index contributed by atoms with van der Waals surface area (Å²) in [6, 6.07) is 51.7. The topological polar surface area (TPSA) is 4.41 Å². The molecule has 0 N–H and O–H groups in total. The summed E-state index contributed by atoms with van der Waals surface area (Å²) in [6.45, 7) is 0. The molecule has 0 saturated heterocycles. The van der Waals surface area contributed by atoms with E-state index in [2.05, 4.69) is 144 Å². The summed E-state index contributed by atoms with van der Waals surface area (Å²) in [5.74, 6) is 0. The summed E-state index contributed by atoms with van der Waals surface area (Å²) in [7, 11) is 0. The molecule has 0 bridgehead atoms. The first-order valence-corrected chi connectivity index (χ1v) is 14.3. The molecule has 1 nitrogen and oxygen atoms in total. The predicted molar refractivity (Wildman–Crippen MR) is 177 cm³/mol. The van der Waals surface area contributed by atoms with Gasteiger partial charge in [0.25, 0.3) is 0 Å². The first-order chi connectivity index (χ1) is 20.3. The third kappa shape index (κ3) is 2.70. The van der Waals surface area contributed by atoms with Gasteiger partial charge in [0, 0.05) is 21.5 Å². The quantitative estimate of drug-likeness (QED) is 0.191. The molecule has 8 aromatic carbocycles. The van der Waals surface area contributed by atoms with E-state index in [0.717, 1.165) is 0 Å². The van der Waals surface area contributed by atoms with Gasteiger partial charge in [0.1, 0.15) is 0 Å². The van der Waals surface area contributed by atoms with Gasteiger partial charge in [-0.05, 0) is 84.5 Å². The van der Waals surface area contributed by atoms with E-state index in [4.69, 9.17) is 0 Å². The smallest absolute Gasteiger partial charge is 0.0621 e. The summed E-state index contributed by atoms with van der Waals surface area (Å²) in [4.78, 5) is 0. The van der Waals surface area contributed by atoms with Crippen LogP contribution in [-0.4, -0.2) is 4.40 Å². The lowest BCUT2D eigenvalue weighted by Gasteiger charge is -2.12. The number of aromatic nitrogens is 1. The van der Waals surface area contributed by atoms with Crippen molar-refractivity contribution in [1.29, 1.82) is 0 Å². The Morgan fingerprint density at radius 1 is 0.317 bits per heavy atom. The van der Waals surface area contributed by atoms with Gasteiger partial charge < -0.3 is 4.40 Å². The van der Waals surface area contributed by atoms with Gasteiger partial charge >= 0.3 is 0 Å². The molecule has 10 rings (SSSR count). The van der Waals surface area contributed by atoms with E-state index in [0.29, 0.717) is 0 Å². The van der Waals surface area contributed by atoms with Gasteiger partial charge in [0.2, 0.25) is 0 Å². The highest BCUT2D eigenvalue weighted by molar-refractivity contribution is 6.30. The Labute approximate surface area is 235 Å². The van der Waals surface area contributed by atoms with Crippen LogP contribution < -0.4 is 0 Å². The van der Waals surface area contributed by atoms with Crippen LogP contribution in [0.25, 0.3) is 92.3 Å². The molecule has 0 aliphatic carbocycles. The molecule has 0 fully saturated rings. The molecule has 0 saturated carbocycles. The lowest BCUT2D eigenvalue weighted by Crippen LogP contribution is -1.85. The molecule has 0 amide bonds. The van der Waals surface area contributed by atoms with Crippen LogP contribution in [0.5, 0.6) is 0 Å². The van der Waals surface area contributed by atoms with Crippen LogP contribution in [0.3, 0.4) is 0 Å². The molecule has 0 aliphatic heterocycles. The number of nitrogens with zero attached hydrogens (tertiary/aromatic N) is 1. The van der Waals surface area contributed by atoms with Gasteiger partial charge in [-0.1, -0.05) is 109 Å². The van der Waals surface area contributed by atoms with Crippen LogP contribution in [0.1, 0.15) is 0 Å². The molecule has 0 atom stereocenters. The summed E-state index contributed by atoms with van der Waals surface area (Å²) >= 11 is 0. The van der Waals surface area contributed by atoms with Crippen molar-refractivity contribution in [3.8, 4) is 11.1 Å². The summed E-state index contributed by atoms with van der Waals surface area (Å²) in [5.41, 5.74) is 6.37. The fourth-order valence-electron chi connectivity index (χ4n) is 7.52. The molecule has 0 spiro atoms. The normalized spacial score (nSPS) is 12.4. The van der Waals surface area contributed by atoms with Gasteiger partial charge in [0.05, 0.1) is 16.6 Å². The predicted octanol–water partition coefficient (Wildman–Crippen LogP) is 11.1. The van der Waals surface area contributed by atoms with Crippen molar-refractivity contribution >= 4 is 81.2 Å². The van der Waals surface area contributed by atoms with Gasteiger partial charge in [-0.15, -0.1) is 0 Å². The van der Waals surface area contributed by atoms with E-state index in [1.165, 1.54) is 92.3 Å². The number of rotatable bonds is 1. The highest BCUT2D eigenvalue weighted by Crippen LogP contribution is 2.44. The average Bonchev–Trinajstić information content (AvgIpc) is 3.56. The molecule has 10 aromatic rings. The Bertz CT molecular complexity index is 2650. The molecule has 0 aliphatic rings. The van der Waals surface area contributed by atoms with Crippen LogP contribution in [0.4, 0.5) is 0 Å². The van der Waals surface area contributed by atoms with Crippen molar-refractivity contribution in [2.45, 2.75) is 0 Å². The highest BCUT2D eigenvalue weighted by Gasteiger charge is 2.20. The average molecular weight is 518 g/mol. The number of hydrogen-bond donors (Lipinski definition) is 0. The van der Waals surface area contributed by atoms with Gasteiger partial charge in [-0.3, -0.25) is 0 Å². The molecule has 0 radical (unpaired) electrons. The minimum atomic E-state index is 1.25. The molecule has 2 heterocycles. The van der Waals surface area contributed by atoms with Crippen molar-refractivity contribution in [3.05, 3.63) is 140 Å². The number of fused-ring (bicyclic) bond motifs is 14. The molecule has 188 valence electrons. The fourth-order valence-corrected chi connectivity index (χ4v) is 7.52. The SMILES string of the molecule is c1ccc2c(c1)ccc1c2c2cc(-c3ccc4c5ccccc5c5ccccc5c4c3)cc3c4ccccc4n1c32. The number of benzene rings is 8. The summed E-state index contributed by atoms with van der Waals surface area (Å²) in [6.07, 6.45) is 0. The minimum Gasteiger partial charge on any atom is -0.308 e. The lowest BCUT2D eigenvalue weighted by molar-refractivity contribution is 1.37. The van der Waals surface area contributed by atoms with Crippen molar-refractivity contribution in [3.63, 3.8) is 0 Å². The highest BCUT2D eigenvalue weighted by atomic mass is 14.9. The maximum absolute atomic E-state index is 2.48. The Morgan fingerprint density at radius 2 is 0.878 bits per heavy atom. The van der Waals surface area contributed by atoms with Gasteiger partial charge in [-0.2, -0.15) is 0 Å². The van der Waals surface area contributed by atoms with Crippen LogP contribution in [0.2, 0.25) is 0 Å². The van der Waals surface area contributed by atoms with Crippen molar-refractivity contribution < 1.29 is 0 Å². The molecule has 2 aromatic heterocycles.